The Hall–Kier alpha value is -1.74. The van der Waals surface area contributed by atoms with Gasteiger partial charge in [0.25, 0.3) is 0 Å². The van der Waals surface area contributed by atoms with Crippen molar-refractivity contribution in [2.24, 2.45) is 0 Å². The molecule has 0 unspecified atom stereocenters. The highest BCUT2D eigenvalue weighted by Gasteiger charge is 2.06. The summed E-state index contributed by atoms with van der Waals surface area (Å²) in [6, 6.07) is 10.3. The van der Waals surface area contributed by atoms with Crippen LogP contribution >= 0.6 is 11.6 Å². The standard InChI is InChI=1S/C15H15ClFNO/c1-10-3-5-13(17)14(7-10)18-9-11-8-12(16)4-6-15(11)19-2/h3-8,18H,9H2,1-2H3. The molecule has 2 aromatic carbocycles. The number of ether oxygens (including phenoxy) is 1. The lowest BCUT2D eigenvalue weighted by Gasteiger charge is -2.12. The number of benzene rings is 2. The van der Waals surface area contributed by atoms with Crippen molar-refractivity contribution in [2.75, 3.05) is 12.4 Å². The average molecular weight is 280 g/mol. The summed E-state index contributed by atoms with van der Waals surface area (Å²) in [5.74, 6) is 0.455. The van der Waals surface area contributed by atoms with Crippen molar-refractivity contribution in [3.63, 3.8) is 0 Å². The van der Waals surface area contributed by atoms with E-state index in [1.165, 1.54) is 6.07 Å². The van der Waals surface area contributed by atoms with Gasteiger partial charge in [0.2, 0.25) is 0 Å². The molecule has 0 atom stereocenters. The molecule has 0 amide bonds. The lowest BCUT2D eigenvalue weighted by atomic mass is 10.1. The Kier molecular flexibility index (Phi) is 4.27. The van der Waals surface area contributed by atoms with E-state index in [2.05, 4.69) is 5.32 Å². The Bertz CT molecular complexity index is 586. The minimum absolute atomic E-state index is 0.272. The number of aryl methyl sites for hydroxylation is 1. The molecule has 100 valence electrons. The van der Waals surface area contributed by atoms with Gasteiger partial charge in [-0.2, -0.15) is 0 Å². The monoisotopic (exact) mass is 279 g/mol. The highest BCUT2D eigenvalue weighted by atomic mass is 35.5. The molecule has 0 saturated heterocycles. The summed E-state index contributed by atoms with van der Waals surface area (Å²) in [6.07, 6.45) is 0. The Morgan fingerprint density at radius 2 is 2.00 bits per heavy atom. The SMILES string of the molecule is COc1ccc(Cl)cc1CNc1cc(C)ccc1F. The number of hydrogen-bond donors (Lipinski definition) is 1. The number of rotatable bonds is 4. The first kappa shape index (κ1) is 13.7. The summed E-state index contributed by atoms with van der Waals surface area (Å²) < 4.78 is 18.9. The molecule has 0 aliphatic heterocycles. The quantitative estimate of drug-likeness (QED) is 0.895. The van der Waals surface area contributed by atoms with E-state index in [4.69, 9.17) is 16.3 Å². The van der Waals surface area contributed by atoms with Crippen LogP contribution in [0.2, 0.25) is 5.02 Å². The molecule has 2 aromatic rings. The van der Waals surface area contributed by atoms with Crippen LogP contribution in [0.15, 0.2) is 36.4 Å². The second kappa shape index (κ2) is 5.93. The van der Waals surface area contributed by atoms with Crippen LogP contribution in [0, 0.1) is 12.7 Å². The van der Waals surface area contributed by atoms with Crippen molar-refractivity contribution < 1.29 is 9.13 Å². The Balaban J connectivity index is 2.18. The summed E-state index contributed by atoms with van der Waals surface area (Å²) >= 11 is 5.95. The number of halogens is 2. The minimum Gasteiger partial charge on any atom is -0.496 e. The van der Waals surface area contributed by atoms with Gasteiger partial charge in [0.15, 0.2) is 0 Å². The first-order chi connectivity index (χ1) is 9.10. The molecule has 1 N–H and O–H groups in total. The minimum atomic E-state index is -0.272. The van der Waals surface area contributed by atoms with E-state index < -0.39 is 0 Å². The van der Waals surface area contributed by atoms with E-state index >= 15 is 0 Å². The summed E-state index contributed by atoms with van der Waals surface area (Å²) in [6.45, 7) is 2.37. The average Bonchev–Trinajstić information content (AvgIpc) is 2.40. The molecule has 0 spiro atoms. The van der Waals surface area contributed by atoms with Gasteiger partial charge >= 0.3 is 0 Å². The van der Waals surface area contributed by atoms with Gasteiger partial charge in [-0.3, -0.25) is 0 Å². The third-order valence-electron chi connectivity index (χ3n) is 2.83. The predicted molar refractivity (Wildman–Crippen MR) is 76.5 cm³/mol. The molecule has 19 heavy (non-hydrogen) atoms. The molecule has 2 rings (SSSR count). The maximum absolute atomic E-state index is 13.6. The van der Waals surface area contributed by atoms with E-state index in [1.54, 1.807) is 37.4 Å². The van der Waals surface area contributed by atoms with E-state index in [9.17, 15) is 4.39 Å². The second-order valence-electron chi connectivity index (χ2n) is 4.29. The fourth-order valence-electron chi connectivity index (χ4n) is 1.85. The van der Waals surface area contributed by atoms with Crippen molar-refractivity contribution in [2.45, 2.75) is 13.5 Å². The molecule has 0 radical (unpaired) electrons. The molecule has 4 heteroatoms. The molecule has 0 bridgehead atoms. The highest BCUT2D eigenvalue weighted by molar-refractivity contribution is 6.30. The molecule has 0 heterocycles. The van der Waals surface area contributed by atoms with Crippen LogP contribution in [0.1, 0.15) is 11.1 Å². The Labute approximate surface area is 117 Å². The zero-order valence-electron chi connectivity index (χ0n) is 10.8. The van der Waals surface area contributed by atoms with E-state index in [-0.39, 0.29) is 5.82 Å². The first-order valence-electron chi connectivity index (χ1n) is 5.92. The Morgan fingerprint density at radius 3 is 2.74 bits per heavy atom. The smallest absolute Gasteiger partial charge is 0.146 e. The highest BCUT2D eigenvalue weighted by Crippen LogP contribution is 2.24. The third kappa shape index (κ3) is 3.38. The number of anilines is 1. The Morgan fingerprint density at radius 1 is 1.21 bits per heavy atom. The van der Waals surface area contributed by atoms with Gasteiger partial charge in [-0.05, 0) is 42.8 Å². The fourth-order valence-corrected chi connectivity index (χ4v) is 2.05. The summed E-state index contributed by atoms with van der Waals surface area (Å²) in [5.41, 5.74) is 2.36. The molecule has 0 aliphatic rings. The number of nitrogens with one attached hydrogen (secondary N) is 1. The van der Waals surface area contributed by atoms with Gasteiger partial charge in [-0.15, -0.1) is 0 Å². The van der Waals surface area contributed by atoms with Gasteiger partial charge in [-0.25, -0.2) is 4.39 Å². The summed E-state index contributed by atoms with van der Waals surface area (Å²) in [7, 11) is 1.60. The topological polar surface area (TPSA) is 21.3 Å². The van der Waals surface area contributed by atoms with Gasteiger partial charge in [0.1, 0.15) is 11.6 Å². The maximum Gasteiger partial charge on any atom is 0.146 e. The normalized spacial score (nSPS) is 10.3. The molecule has 0 saturated carbocycles. The third-order valence-corrected chi connectivity index (χ3v) is 3.07. The van der Waals surface area contributed by atoms with E-state index in [0.717, 1.165) is 16.9 Å². The lowest BCUT2D eigenvalue weighted by Crippen LogP contribution is -2.03. The summed E-state index contributed by atoms with van der Waals surface area (Å²) in [4.78, 5) is 0. The van der Waals surface area contributed by atoms with Gasteiger partial charge in [-0.1, -0.05) is 17.7 Å². The lowest BCUT2D eigenvalue weighted by molar-refractivity contribution is 0.410. The van der Waals surface area contributed by atoms with Crippen LogP contribution < -0.4 is 10.1 Å². The van der Waals surface area contributed by atoms with Crippen LogP contribution in [0.5, 0.6) is 5.75 Å². The molecular weight excluding hydrogens is 265 g/mol. The second-order valence-corrected chi connectivity index (χ2v) is 4.73. The molecule has 0 fully saturated rings. The largest absolute Gasteiger partial charge is 0.496 e. The van der Waals surface area contributed by atoms with E-state index in [1.807, 2.05) is 6.92 Å². The molecular formula is C15H15ClFNO. The number of methoxy groups -OCH3 is 1. The van der Waals surface area contributed by atoms with Crippen molar-refractivity contribution in [3.05, 3.63) is 58.4 Å². The van der Waals surface area contributed by atoms with Crippen LogP contribution in [0.3, 0.4) is 0 Å². The zero-order valence-corrected chi connectivity index (χ0v) is 11.6. The van der Waals surface area contributed by atoms with Crippen LogP contribution in [-0.4, -0.2) is 7.11 Å². The van der Waals surface area contributed by atoms with Gasteiger partial charge in [0.05, 0.1) is 12.8 Å². The summed E-state index contributed by atoms with van der Waals surface area (Å²) in [5, 5.41) is 3.69. The van der Waals surface area contributed by atoms with Gasteiger partial charge in [0, 0.05) is 17.1 Å². The van der Waals surface area contributed by atoms with Crippen LogP contribution in [0.4, 0.5) is 10.1 Å². The van der Waals surface area contributed by atoms with Crippen molar-refractivity contribution in [1.82, 2.24) is 0 Å². The van der Waals surface area contributed by atoms with Crippen LogP contribution in [-0.2, 0) is 6.54 Å². The first-order valence-corrected chi connectivity index (χ1v) is 6.30. The van der Waals surface area contributed by atoms with Crippen molar-refractivity contribution in [1.29, 1.82) is 0 Å². The maximum atomic E-state index is 13.6. The van der Waals surface area contributed by atoms with Crippen molar-refractivity contribution >= 4 is 17.3 Å². The molecule has 0 aromatic heterocycles. The fraction of sp³-hybridized carbons (Fsp3) is 0.200. The predicted octanol–water partition coefficient (Wildman–Crippen LogP) is 4.41. The number of hydrogen-bond acceptors (Lipinski definition) is 2. The van der Waals surface area contributed by atoms with Crippen molar-refractivity contribution in [3.8, 4) is 5.75 Å². The molecule has 0 aliphatic carbocycles. The van der Waals surface area contributed by atoms with E-state index in [0.29, 0.717) is 17.3 Å². The van der Waals surface area contributed by atoms with Crippen LogP contribution in [0.25, 0.3) is 0 Å². The van der Waals surface area contributed by atoms with Gasteiger partial charge < -0.3 is 10.1 Å². The molecule has 2 nitrogen and oxygen atoms in total. The zero-order chi connectivity index (χ0) is 13.8.